The third-order valence-electron chi connectivity index (χ3n) is 1.08. The summed E-state index contributed by atoms with van der Waals surface area (Å²) in [6.45, 7) is 0. The van der Waals surface area contributed by atoms with Gasteiger partial charge < -0.3 is 5.11 Å². The van der Waals surface area contributed by atoms with E-state index in [0.717, 1.165) is 0 Å². The fraction of sp³-hybridized carbons (Fsp3) is 0. The van der Waals surface area contributed by atoms with Crippen molar-refractivity contribution in [2.24, 2.45) is 0 Å². The molecule has 1 rings (SSSR count). The Bertz CT molecular complexity index is 265. The van der Waals surface area contributed by atoms with Crippen molar-refractivity contribution < 1.29 is 39.6 Å². The number of nitro groups is 1. The van der Waals surface area contributed by atoms with Crippen LogP contribution in [0.2, 0.25) is 0 Å². The maximum atomic E-state index is 10.1. The third-order valence-corrected chi connectivity index (χ3v) is 1.08. The summed E-state index contributed by atoms with van der Waals surface area (Å²) in [6.07, 6.45) is 0. The van der Waals surface area contributed by atoms with Crippen molar-refractivity contribution in [1.29, 1.82) is 0 Å². The molecule has 0 aliphatic carbocycles. The zero-order valence-electron chi connectivity index (χ0n) is 6.17. The van der Waals surface area contributed by atoms with Gasteiger partial charge in [0.1, 0.15) is 0 Å². The van der Waals surface area contributed by atoms with E-state index in [9.17, 15) is 10.1 Å². The Hall–Kier alpha value is -0.685. The summed E-state index contributed by atoms with van der Waals surface area (Å²) in [4.78, 5) is 9.44. The van der Waals surface area contributed by atoms with Crippen molar-refractivity contribution in [2.45, 2.75) is 0 Å². The Morgan fingerprint density at radius 2 is 1.83 bits per heavy atom. The number of nitro benzene ring substituents is 1. The predicted octanol–water partition coefficient (Wildman–Crippen LogP) is 0.741. The Morgan fingerprint density at radius 3 is 2.17 bits per heavy atom. The van der Waals surface area contributed by atoms with Gasteiger partial charge in [-0.05, 0) is 6.07 Å². The van der Waals surface area contributed by atoms with Gasteiger partial charge in [-0.3, -0.25) is 10.1 Å². The number of benzene rings is 1. The normalized spacial score (nSPS) is 8.25. The Morgan fingerprint density at radius 1 is 1.33 bits per heavy atom. The summed E-state index contributed by atoms with van der Waals surface area (Å²) < 4.78 is 7.19. The molecule has 0 bridgehead atoms. The van der Waals surface area contributed by atoms with E-state index < -0.39 is 4.92 Å². The molecule has 1 aromatic rings. The molecule has 0 aliphatic rings. The van der Waals surface area contributed by atoms with E-state index in [4.69, 9.17) is 8.12 Å². The van der Waals surface area contributed by atoms with Gasteiger partial charge in [-0.1, -0.05) is 12.1 Å². The minimum absolute atomic E-state index is 0.0278. The van der Waals surface area contributed by atoms with Crippen LogP contribution in [0.3, 0.4) is 0 Å². The van der Waals surface area contributed by atoms with Crippen molar-refractivity contribution in [1.82, 2.24) is 0 Å². The molecule has 0 radical (unpaired) electrons. The molecule has 0 fully saturated rings. The quantitative estimate of drug-likeness (QED) is 0.442. The summed E-state index contributed by atoms with van der Waals surface area (Å²) in [5.74, 6) is -0.299. The number of nitrogens with zero attached hydrogens (tertiary/aromatic N) is 1. The number of rotatable bonds is 1. The fourth-order valence-electron chi connectivity index (χ4n) is 0.619. The summed E-state index contributed by atoms with van der Waals surface area (Å²) >= 11 is 0.0278. The van der Waals surface area contributed by atoms with Crippen LogP contribution < -0.4 is 0 Å². The second-order valence-corrected chi connectivity index (χ2v) is 1.75. The molecular formula is C6H6HgNO4+. The molecule has 6 heteroatoms. The molecule has 12 heavy (non-hydrogen) atoms. The summed E-state index contributed by atoms with van der Waals surface area (Å²) in [7, 11) is 0. The van der Waals surface area contributed by atoms with Crippen LogP contribution in [0.15, 0.2) is 24.3 Å². The van der Waals surface area contributed by atoms with Gasteiger partial charge in [0.2, 0.25) is 0 Å². The van der Waals surface area contributed by atoms with E-state index in [2.05, 4.69) is 0 Å². The van der Waals surface area contributed by atoms with Crippen LogP contribution in [0, 0.1) is 10.1 Å². The third kappa shape index (κ3) is 3.14. The van der Waals surface area contributed by atoms with Crippen LogP contribution in [0.4, 0.5) is 5.69 Å². The molecule has 0 atom stereocenters. The van der Waals surface area contributed by atoms with Crippen LogP contribution in [0.1, 0.15) is 0 Å². The number of para-hydroxylation sites is 2. The van der Waals surface area contributed by atoms with E-state index in [0.29, 0.717) is 0 Å². The number of phenols is 1. The van der Waals surface area contributed by atoms with E-state index in [1.54, 1.807) is 0 Å². The first-order chi connectivity index (χ1) is 5.72. The van der Waals surface area contributed by atoms with Crippen LogP contribution in [-0.4, -0.2) is 13.0 Å². The Labute approximate surface area is 85.4 Å². The second kappa shape index (κ2) is 5.90. The molecule has 0 spiro atoms. The zero-order chi connectivity index (χ0) is 9.56. The zero-order valence-corrected chi connectivity index (χ0v) is 11.7. The monoisotopic (exact) mass is 358 g/mol. The molecule has 0 aromatic heterocycles. The van der Waals surface area contributed by atoms with Gasteiger partial charge in [0.25, 0.3) is 0 Å². The van der Waals surface area contributed by atoms with Gasteiger partial charge in [-0.2, -0.15) is 0 Å². The van der Waals surface area contributed by atoms with E-state index >= 15 is 0 Å². The van der Waals surface area contributed by atoms with E-state index in [1.165, 1.54) is 24.3 Å². The van der Waals surface area contributed by atoms with Gasteiger partial charge >= 0.3 is 35.3 Å². The molecule has 0 aliphatic heterocycles. The van der Waals surface area contributed by atoms with Gasteiger partial charge in [-0.15, -0.1) is 0 Å². The molecule has 0 saturated carbocycles. The maximum absolute atomic E-state index is 10.1. The number of hydrogen-bond acceptors (Lipinski definition) is 4. The molecule has 0 saturated heterocycles. The molecule has 0 amide bonds. The van der Waals surface area contributed by atoms with Crippen molar-refractivity contribution >= 4 is 5.69 Å². The van der Waals surface area contributed by atoms with Crippen molar-refractivity contribution in [3.8, 4) is 5.75 Å². The van der Waals surface area contributed by atoms with Crippen molar-refractivity contribution in [3.05, 3.63) is 34.4 Å². The number of phenolic OH excluding ortho intramolecular Hbond substituents is 1. The predicted molar refractivity (Wildman–Crippen MR) is 37.0 cm³/mol. The van der Waals surface area contributed by atoms with Gasteiger partial charge in [0, 0.05) is 6.07 Å². The molecular weight excluding hydrogens is 351 g/mol. The molecule has 60 valence electrons. The second-order valence-electron chi connectivity index (χ2n) is 1.75. The SMILES string of the molecule is O=[N+]([O-])c1ccccc1O.[OH][Hg+]. The molecule has 0 heterocycles. The first-order valence-corrected chi connectivity index (χ1v) is 5.41. The standard InChI is InChI=1S/C6H5NO3.Hg.H2O/c8-6-4-2-1-3-5(6)7(9)10;;/h1-4,8H;;1H2/q;+2;/p-1. The molecule has 5 nitrogen and oxygen atoms in total. The first-order valence-electron chi connectivity index (χ1n) is 2.96. The Kier molecular flexibility index (Phi) is 5.56. The van der Waals surface area contributed by atoms with Gasteiger partial charge in [0.05, 0.1) is 4.92 Å². The van der Waals surface area contributed by atoms with Crippen LogP contribution in [0.25, 0.3) is 0 Å². The summed E-state index contributed by atoms with van der Waals surface area (Å²) in [6, 6.07) is 5.55. The molecule has 0 unspecified atom stereocenters. The van der Waals surface area contributed by atoms with Crippen molar-refractivity contribution in [3.63, 3.8) is 0 Å². The molecule has 1 aromatic carbocycles. The van der Waals surface area contributed by atoms with Crippen molar-refractivity contribution in [2.75, 3.05) is 0 Å². The van der Waals surface area contributed by atoms with E-state index in [-0.39, 0.29) is 38.0 Å². The van der Waals surface area contributed by atoms with Crippen LogP contribution >= 0.6 is 0 Å². The topological polar surface area (TPSA) is 83.6 Å². The van der Waals surface area contributed by atoms with Crippen LogP contribution in [-0.2, 0) is 26.6 Å². The average molecular weight is 357 g/mol. The van der Waals surface area contributed by atoms with Gasteiger partial charge in [0.15, 0.2) is 5.75 Å². The summed E-state index contributed by atoms with van der Waals surface area (Å²) in [5.41, 5.74) is -0.262. The van der Waals surface area contributed by atoms with E-state index in [1.807, 2.05) is 0 Å². The Balaban J connectivity index is 0.000000561. The minimum atomic E-state index is -0.630. The first kappa shape index (κ1) is 11.3. The fourth-order valence-corrected chi connectivity index (χ4v) is 0.619. The number of hydrogen-bond donors (Lipinski definition) is 2. The molecule has 2 N–H and O–H groups in total. The summed E-state index contributed by atoms with van der Waals surface area (Å²) in [5, 5.41) is 18.9. The van der Waals surface area contributed by atoms with Gasteiger partial charge in [-0.25, -0.2) is 0 Å². The van der Waals surface area contributed by atoms with Crippen LogP contribution in [0.5, 0.6) is 5.75 Å². The number of aromatic hydroxyl groups is 1. The average Bonchev–Trinajstić information content (AvgIpc) is 2.08.